The van der Waals surface area contributed by atoms with Crippen LogP contribution < -0.4 is 5.73 Å². The van der Waals surface area contributed by atoms with Crippen molar-refractivity contribution in [2.45, 2.75) is 19.8 Å². The van der Waals surface area contributed by atoms with Gasteiger partial charge in [0, 0.05) is 15.9 Å². The van der Waals surface area contributed by atoms with Crippen LogP contribution in [0.4, 0.5) is 5.69 Å². The lowest BCUT2D eigenvalue weighted by molar-refractivity contribution is 0.890. The van der Waals surface area contributed by atoms with Gasteiger partial charge in [-0.2, -0.15) is 0 Å². The monoisotopic (exact) mass is 141 g/mol. The summed E-state index contributed by atoms with van der Waals surface area (Å²) < 4.78 is 0. The Morgan fingerprint density at radius 2 is 2.22 bits per heavy atom. The zero-order chi connectivity index (χ0) is 6.85. The SMILES string of the molecule is CC(C)c1cc(N)cs1. The molecule has 0 radical (unpaired) electrons. The third-order valence-electron chi connectivity index (χ3n) is 1.21. The van der Waals surface area contributed by atoms with Gasteiger partial charge < -0.3 is 5.73 Å². The summed E-state index contributed by atoms with van der Waals surface area (Å²) in [6, 6.07) is 2.04. The number of hydrogen-bond donors (Lipinski definition) is 1. The smallest absolute Gasteiger partial charge is 0.0425 e. The summed E-state index contributed by atoms with van der Waals surface area (Å²) in [6.07, 6.45) is 0. The lowest BCUT2D eigenvalue weighted by atomic mass is 10.2. The molecular weight excluding hydrogens is 130 g/mol. The van der Waals surface area contributed by atoms with E-state index in [0.29, 0.717) is 5.92 Å². The summed E-state index contributed by atoms with van der Waals surface area (Å²) in [5, 5.41) is 1.98. The molecule has 2 N–H and O–H groups in total. The predicted octanol–water partition coefficient (Wildman–Crippen LogP) is 2.45. The average molecular weight is 141 g/mol. The highest BCUT2D eigenvalue weighted by Gasteiger charge is 1.99. The Hall–Kier alpha value is -0.500. The minimum Gasteiger partial charge on any atom is -0.398 e. The molecule has 1 aromatic rings. The molecule has 0 aliphatic carbocycles. The van der Waals surface area contributed by atoms with Gasteiger partial charge in [-0.3, -0.25) is 0 Å². The second-order valence-electron chi connectivity index (χ2n) is 2.44. The second kappa shape index (κ2) is 2.40. The van der Waals surface area contributed by atoms with Crippen molar-refractivity contribution < 1.29 is 0 Å². The molecule has 50 valence electrons. The summed E-state index contributed by atoms with van der Waals surface area (Å²) in [7, 11) is 0. The summed E-state index contributed by atoms with van der Waals surface area (Å²) in [5.41, 5.74) is 6.42. The van der Waals surface area contributed by atoms with Crippen molar-refractivity contribution in [1.82, 2.24) is 0 Å². The van der Waals surface area contributed by atoms with Crippen molar-refractivity contribution in [3.8, 4) is 0 Å². The van der Waals surface area contributed by atoms with E-state index in [2.05, 4.69) is 13.8 Å². The van der Waals surface area contributed by atoms with E-state index in [9.17, 15) is 0 Å². The van der Waals surface area contributed by atoms with Crippen LogP contribution in [0.3, 0.4) is 0 Å². The first-order valence-corrected chi connectivity index (χ1v) is 3.92. The third kappa shape index (κ3) is 1.45. The van der Waals surface area contributed by atoms with Gasteiger partial charge in [0.05, 0.1) is 0 Å². The van der Waals surface area contributed by atoms with Crippen molar-refractivity contribution in [3.05, 3.63) is 16.3 Å². The minimum atomic E-state index is 0.618. The Morgan fingerprint density at radius 3 is 2.44 bits per heavy atom. The standard InChI is InChI=1S/C7H11NS/c1-5(2)7-3-6(8)4-9-7/h3-5H,8H2,1-2H3. The van der Waals surface area contributed by atoms with Crippen molar-refractivity contribution in [2.24, 2.45) is 0 Å². The van der Waals surface area contributed by atoms with E-state index in [-0.39, 0.29) is 0 Å². The average Bonchev–Trinajstić information content (AvgIpc) is 2.14. The normalized spacial score (nSPS) is 10.6. The first kappa shape index (κ1) is 6.62. The maximum atomic E-state index is 5.53. The quantitative estimate of drug-likeness (QED) is 0.638. The van der Waals surface area contributed by atoms with Crippen LogP contribution in [0.2, 0.25) is 0 Å². The van der Waals surface area contributed by atoms with E-state index < -0.39 is 0 Å². The first-order valence-electron chi connectivity index (χ1n) is 3.04. The Morgan fingerprint density at radius 1 is 1.56 bits per heavy atom. The molecule has 1 aromatic heterocycles. The highest BCUT2D eigenvalue weighted by molar-refractivity contribution is 7.10. The molecule has 0 aliphatic rings. The highest BCUT2D eigenvalue weighted by atomic mass is 32.1. The maximum Gasteiger partial charge on any atom is 0.0425 e. The molecule has 0 aromatic carbocycles. The van der Waals surface area contributed by atoms with E-state index in [1.807, 2.05) is 11.4 Å². The minimum absolute atomic E-state index is 0.618. The lowest BCUT2D eigenvalue weighted by Gasteiger charge is -1.95. The second-order valence-corrected chi connectivity index (χ2v) is 3.38. The molecule has 1 heterocycles. The van der Waals surface area contributed by atoms with Crippen LogP contribution in [0.1, 0.15) is 24.6 Å². The lowest BCUT2D eigenvalue weighted by Crippen LogP contribution is -1.80. The van der Waals surface area contributed by atoms with Gasteiger partial charge in [-0.25, -0.2) is 0 Å². The Labute approximate surface area is 59.5 Å². The van der Waals surface area contributed by atoms with E-state index in [1.165, 1.54) is 4.88 Å². The van der Waals surface area contributed by atoms with Gasteiger partial charge in [0.2, 0.25) is 0 Å². The van der Waals surface area contributed by atoms with E-state index in [1.54, 1.807) is 11.3 Å². The van der Waals surface area contributed by atoms with Gasteiger partial charge in [0.1, 0.15) is 0 Å². The molecular formula is C7H11NS. The summed E-state index contributed by atoms with van der Waals surface area (Å²) in [4.78, 5) is 1.37. The molecule has 0 spiro atoms. The van der Waals surface area contributed by atoms with Gasteiger partial charge >= 0.3 is 0 Å². The summed E-state index contributed by atoms with van der Waals surface area (Å²) >= 11 is 1.73. The fourth-order valence-electron chi connectivity index (χ4n) is 0.671. The van der Waals surface area contributed by atoms with Gasteiger partial charge in [0.25, 0.3) is 0 Å². The van der Waals surface area contributed by atoms with E-state index in [4.69, 9.17) is 5.73 Å². The molecule has 0 atom stereocenters. The molecule has 9 heavy (non-hydrogen) atoms. The van der Waals surface area contributed by atoms with Crippen LogP contribution in [-0.4, -0.2) is 0 Å². The number of hydrogen-bond acceptors (Lipinski definition) is 2. The number of anilines is 1. The third-order valence-corrected chi connectivity index (χ3v) is 2.46. The van der Waals surface area contributed by atoms with Gasteiger partial charge in [-0.15, -0.1) is 11.3 Å². The zero-order valence-corrected chi connectivity index (χ0v) is 6.53. The number of nitrogens with two attached hydrogens (primary N) is 1. The largest absolute Gasteiger partial charge is 0.398 e. The van der Waals surface area contributed by atoms with E-state index in [0.717, 1.165) is 5.69 Å². The van der Waals surface area contributed by atoms with Gasteiger partial charge in [-0.1, -0.05) is 13.8 Å². The van der Waals surface area contributed by atoms with Crippen LogP contribution in [0.5, 0.6) is 0 Å². The van der Waals surface area contributed by atoms with Crippen LogP contribution in [0.15, 0.2) is 11.4 Å². The molecule has 2 heteroatoms. The fraction of sp³-hybridized carbons (Fsp3) is 0.429. The predicted molar refractivity (Wildman–Crippen MR) is 42.8 cm³/mol. The van der Waals surface area contributed by atoms with Crippen LogP contribution >= 0.6 is 11.3 Å². The molecule has 0 saturated heterocycles. The molecule has 1 nitrogen and oxygen atoms in total. The van der Waals surface area contributed by atoms with Crippen molar-refractivity contribution in [2.75, 3.05) is 5.73 Å². The molecule has 0 saturated carbocycles. The van der Waals surface area contributed by atoms with Crippen LogP contribution in [0.25, 0.3) is 0 Å². The molecule has 0 aliphatic heterocycles. The number of rotatable bonds is 1. The molecule has 0 bridgehead atoms. The van der Waals surface area contributed by atoms with Gasteiger partial charge in [-0.05, 0) is 12.0 Å². The molecule has 0 fully saturated rings. The molecule has 0 unspecified atom stereocenters. The van der Waals surface area contributed by atoms with Crippen molar-refractivity contribution in [3.63, 3.8) is 0 Å². The topological polar surface area (TPSA) is 26.0 Å². The maximum absolute atomic E-state index is 5.53. The van der Waals surface area contributed by atoms with Crippen LogP contribution in [0, 0.1) is 0 Å². The Balaban J connectivity index is 2.85. The molecule has 1 rings (SSSR count). The fourth-order valence-corrected chi connectivity index (χ4v) is 1.49. The van der Waals surface area contributed by atoms with E-state index >= 15 is 0 Å². The molecule has 0 amide bonds. The zero-order valence-electron chi connectivity index (χ0n) is 5.72. The highest BCUT2D eigenvalue weighted by Crippen LogP contribution is 2.23. The first-order chi connectivity index (χ1) is 4.20. The van der Waals surface area contributed by atoms with Crippen LogP contribution in [-0.2, 0) is 0 Å². The summed E-state index contributed by atoms with van der Waals surface area (Å²) in [5.74, 6) is 0.618. The van der Waals surface area contributed by atoms with Gasteiger partial charge in [0.15, 0.2) is 0 Å². The van der Waals surface area contributed by atoms with Crippen molar-refractivity contribution in [1.29, 1.82) is 0 Å². The number of nitrogen functional groups attached to an aromatic ring is 1. The number of thiophene rings is 1. The van der Waals surface area contributed by atoms with Crippen molar-refractivity contribution >= 4 is 17.0 Å². The summed E-state index contributed by atoms with van der Waals surface area (Å²) in [6.45, 7) is 4.34. The Bertz CT molecular complexity index is 191. The Kier molecular flexibility index (Phi) is 1.76.